The van der Waals surface area contributed by atoms with E-state index in [1.165, 1.54) is 0 Å². The molecule has 1 aromatic carbocycles. The van der Waals surface area contributed by atoms with Gasteiger partial charge in [-0.15, -0.1) is 0 Å². The normalized spacial score (nSPS) is 11.0. The maximum Gasteiger partial charge on any atom is 0.354 e. The molecule has 1 amide bonds. The highest BCUT2D eigenvalue weighted by molar-refractivity contribution is 6.03. The second-order valence-electron chi connectivity index (χ2n) is 5.15. The lowest BCUT2D eigenvalue weighted by atomic mass is 10.2. The third-order valence-corrected chi connectivity index (χ3v) is 3.23. The molecule has 0 fully saturated rings. The molecule has 0 saturated heterocycles. The minimum atomic E-state index is -0.559. The summed E-state index contributed by atoms with van der Waals surface area (Å²) in [6, 6.07) is 12.3. The number of hydrogen-bond donors (Lipinski definition) is 1. The maximum atomic E-state index is 12.3. The van der Waals surface area contributed by atoms with Gasteiger partial charge >= 0.3 is 5.97 Å². The molecule has 0 unspecified atom stereocenters. The first-order valence-electron chi connectivity index (χ1n) is 7.86. The number of ether oxygens (including phenoxy) is 1. The fourth-order valence-corrected chi connectivity index (χ4v) is 1.95. The van der Waals surface area contributed by atoms with Gasteiger partial charge in [-0.1, -0.05) is 37.6 Å². The highest BCUT2D eigenvalue weighted by Gasteiger charge is 2.15. The Bertz CT molecular complexity index is 697. The van der Waals surface area contributed by atoms with Crippen LogP contribution in [0.5, 0.6) is 0 Å². The molecule has 5 nitrogen and oxygen atoms in total. The van der Waals surface area contributed by atoms with Crippen LogP contribution in [0.3, 0.4) is 0 Å². The van der Waals surface area contributed by atoms with Crippen LogP contribution in [0.2, 0.25) is 0 Å². The standard InChI is InChI=1S/C19H20N2O3/c1-2-3-12-24-19(23)17(13-15-8-7-11-20-14-15)21-18(22)16-9-5-4-6-10-16/h4-11,13-14H,2-3,12H2,1H3,(H,21,22)/b17-13+. The lowest BCUT2D eigenvalue weighted by Crippen LogP contribution is -2.28. The van der Waals surface area contributed by atoms with Crippen molar-refractivity contribution < 1.29 is 14.3 Å². The lowest BCUT2D eigenvalue weighted by molar-refractivity contribution is -0.139. The second-order valence-corrected chi connectivity index (χ2v) is 5.15. The van der Waals surface area contributed by atoms with Crippen molar-refractivity contribution in [2.24, 2.45) is 0 Å². The molecule has 0 bridgehead atoms. The summed E-state index contributed by atoms with van der Waals surface area (Å²) < 4.78 is 5.21. The van der Waals surface area contributed by atoms with Crippen molar-refractivity contribution in [3.8, 4) is 0 Å². The molecule has 0 saturated carbocycles. The summed E-state index contributed by atoms with van der Waals surface area (Å²) in [6.07, 6.45) is 6.50. The van der Waals surface area contributed by atoms with Gasteiger partial charge in [0.05, 0.1) is 6.61 Å². The van der Waals surface area contributed by atoms with Gasteiger partial charge in [-0.3, -0.25) is 9.78 Å². The molecule has 1 heterocycles. The lowest BCUT2D eigenvalue weighted by Gasteiger charge is -2.10. The minimum absolute atomic E-state index is 0.0907. The van der Waals surface area contributed by atoms with Crippen LogP contribution in [0, 0.1) is 0 Å². The number of rotatable bonds is 7. The van der Waals surface area contributed by atoms with E-state index in [-0.39, 0.29) is 11.6 Å². The van der Waals surface area contributed by atoms with Gasteiger partial charge in [-0.05, 0) is 36.3 Å². The van der Waals surface area contributed by atoms with Crippen LogP contribution in [0.15, 0.2) is 60.6 Å². The van der Waals surface area contributed by atoms with Crippen LogP contribution in [0.25, 0.3) is 6.08 Å². The van der Waals surface area contributed by atoms with E-state index in [0.717, 1.165) is 12.8 Å². The van der Waals surface area contributed by atoms with Crippen LogP contribution in [-0.2, 0) is 9.53 Å². The monoisotopic (exact) mass is 324 g/mol. The Labute approximate surface area is 141 Å². The predicted molar refractivity (Wildman–Crippen MR) is 92.0 cm³/mol. The van der Waals surface area contributed by atoms with E-state index in [4.69, 9.17) is 4.74 Å². The first-order chi connectivity index (χ1) is 11.7. The van der Waals surface area contributed by atoms with E-state index in [1.54, 1.807) is 54.9 Å². The highest BCUT2D eigenvalue weighted by atomic mass is 16.5. The molecule has 0 radical (unpaired) electrons. The number of unbranched alkanes of at least 4 members (excludes halogenated alkanes) is 1. The second kappa shape index (κ2) is 9.25. The molecule has 24 heavy (non-hydrogen) atoms. The Morgan fingerprint density at radius 3 is 2.62 bits per heavy atom. The van der Waals surface area contributed by atoms with E-state index in [0.29, 0.717) is 17.7 Å². The molecule has 1 aromatic heterocycles. The molecule has 5 heteroatoms. The highest BCUT2D eigenvalue weighted by Crippen LogP contribution is 2.08. The van der Waals surface area contributed by atoms with Crippen molar-refractivity contribution in [1.82, 2.24) is 10.3 Å². The first kappa shape index (κ1) is 17.4. The molecular formula is C19H20N2O3. The Morgan fingerprint density at radius 1 is 1.17 bits per heavy atom. The number of carbonyl (C=O) groups is 2. The molecule has 0 aliphatic heterocycles. The molecule has 0 atom stereocenters. The molecule has 124 valence electrons. The summed E-state index contributed by atoms with van der Waals surface area (Å²) in [6.45, 7) is 2.33. The molecule has 2 rings (SSSR count). The van der Waals surface area contributed by atoms with Crippen LogP contribution in [0.4, 0.5) is 0 Å². The summed E-state index contributed by atoms with van der Waals surface area (Å²) in [7, 11) is 0. The average Bonchev–Trinajstić information content (AvgIpc) is 2.63. The third kappa shape index (κ3) is 5.35. The predicted octanol–water partition coefficient (Wildman–Crippen LogP) is 3.20. The van der Waals surface area contributed by atoms with Crippen molar-refractivity contribution in [2.45, 2.75) is 19.8 Å². The largest absolute Gasteiger partial charge is 0.461 e. The molecule has 1 N–H and O–H groups in total. The summed E-state index contributed by atoms with van der Waals surface area (Å²) in [5, 5.41) is 2.63. The van der Waals surface area contributed by atoms with Crippen LogP contribution in [0.1, 0.15) is 35.7 Å². The van der Waals surface area contributed by atoms with Crippen molar-refractivity contribution in [3.63, 3.8) is 0 Å². The SMILES string of the molecule is CCCCOC(=O)/C(=C\c1cccnc1)NC(=O)c1ccccc1. The Balaban J connectivity index is 2.17. The number of hydrogen-bond acceptors (Lipinski definition) is 4. The fraction of sp³-hybridized carbons (Fsp3) is 0.211. The number of benzene rings is 1. The van der Waals surface area contributed by atoms with E-state index in [2.05, 4.69) is 10.3 Å². The molecule has 0 aliphatic rings. The zero-order valence-electron chi connectivity index (χ0n) is 13.6. The summed E-state index contributed by atoms with van der Waals surface area (Å²) in [5.74, 6) is -0.922. The summed E-state index contributed by atoms with van der Waals surface area (Å²) in [5.41, 5.74) is 1.26. The van der Waals surface area contributed by atoms with Gasteiger partial charge in [-0.2, -0.15) is 0 Å². The van der Waals surface area contributed by atoms with Gasteiger partial charge in [0.15, 0.2) is 0 Å². The van der Waals surface area contributed by atoms with Gasteiger partial charge in [0.1, 0.15) is 5.70 Å². The molecule has 0 spiro atoms. The van der Waals surface area contributed by atoms with Gasteiger partial charge in [0.2, 0.25) is 0 Å². The third-order valence-electron chi connectivity index (χ3n) is 3.23. The van der Waals surface area contributed by atoms with Gasteiger partial charge < -0.3 is 10.1 Å². The van der Waals surface area contributed by atoms with Gasteiger partial charge in [-0.25, -0.2) is 4.79 Å². The minimum Gasteiger partial charge on any atom is -0.461 e. The van der Waals surface area contributed by atoms with Gasteiger partial charge in [0, 0.05) is 18.0 Å². The molecule has 2 aromatic rings. The van der Waals surface area contributed by atoms with E-state index in [1.807, 2.05) is 13.0 Å². The Kier molecular flexibility index (Phi) is 6.71. The van der Waals surface area contributed by atoms with E-state index < -0.39 is 5.97 Å². The molecular weight excluding hydrogens is 304 g/mol. The zero-order chi connectivity index (χ0) is 17.2. The van der Waals surface area contributed by atoms with Crippen molar-refractivity contribution in [3.05, 3.63) is 71.7 Å². The van der Waals surface area contributed by atoms with Gasteiger partial charge in [0.25, 0.3) is 5.91 Å². The number of aromatic nitrogens is 1. The van der Waals surface area contributed by atoms with Crippen LogP contribution in [-0.4, -0.2) is 23.5 Å². The average molecular weight is 324 g/mol. The fourth-order valence-electron chi connectivity index (χ4n) is 1.95. The summed E-state index contributed by atoms with van der Waals surface area (Å²) in [4.78, 5) is 28.6. The van der Waals surface area contributed by atoms with E-state index in [9.17, 15) is 9.59 Å². The number of nitrogens with zero attached hydrogens (tertiary/aromatic N) is 1. The maximum absolute atomic E-state index is 12.3. The van der Waals surface area contributed by atoms with Crippen molar-refractivity contribution in [2.75, 3.05) is 6.61 Å². The topological polar surface area (TPSA) is 68.3 Å². The summed E-state index contributed by atoms with van der Waals surface area (Å²) >= 11 is 0. The number of amides is 1. The smallest absolute Gasteiger partial charge is 0.354 e. The molecule has 0 aliphatic carbocycles. The van der Waals surface area contributed by atoms with Crippen LogP contribution >= 0.6 is 0 Å². The van der Waals surface area contributed by atoms with Crippen molar-refractivity contribution in [1.29, 1.82) is 0 Å². The number of pyridine rings is 1. The zero-order valence-corrected chi connectivity index (χ0v) is 13.6. The first-order valence-corrected chi connectivity index (χ1v) is 7.86. The number of nitrogens with one attached hydrogen (secondary N) is 1. The van der Waals surface area contributed by atoms with Crippen molar-refractivity contribution >= 4 is 18.0 Å². The Morgan fingerprint density at radius 2 is 1.96 bits per heavy atom. The number of carbonyl (C=O) groups excluding carboxylic acids is 2. The quantitative estimate of drug-likeness (QED) is 0.482. The van der Waals surface area contributed by atoms with E-state index >= 15 is 0 Å². The van der Waals surface area contributed by atoms with Crippen LogP contribution < -0.4 is 5.32 Å². The Hall–Kier alpha value is -2.95. The number of esters is 1.